The second kappa shape index (κ2) is 3.31. The molecule has 16 heavy (non-hydrogen) atoms. The van der Waals surface area contributed by atoms with Gasteiger partial charge in [-0.15, -0.1) is 0 Å². The molecule has 1 aliphatic carbocycles. The largest absolute Gasteiger partial charge is 0.306 e. The lowest BCUT2D eigenvalue weighted by molar-refractivity contribution is 0.564. The molecule has 1 aliphatic heterocycles. The Balaban J connectivity index is 2.04. The van der Waals surface area contributed by atoms with Gasteiger partial charge in [0.25, 0.3) is 0 Å². The first-order chi connectivity index (χ1) is 7.56. The van der Waals surface area contributed by atoms with Gasteiger partial charge in [0.15, 0.2) is 9.84 Å². The minimum atomic E-state index is -3.05. The quantitative estimate of drug-likeness (QED) is 0.849. The van der Waals surface area contributed by atoms with E-state index in [9.17, 15) is 8.42 Å². The van der Waals surface area contributed by atoms with E-state index < -0.39 is 9.84 Å². The molecule has 86 valence electrons. The molecule has 0 aromatic heterocycles. The van der Waals surface area contributed by atoms with Gasteiger partial charge >= 0.3 is 0 Å². The van der Waals surface area contributed by atoms with Gasteiger partial charge in [-0.2, -0.15) is 0 Å². The summed E-state index contributed by atoms with van der Waals surface area (Å²) in [5.74, 6) is 0.224. The summed E-state index contributed by atoms with van der Waals surface area (Å²) < 4.78 is 23.9. The molecule has 1 saturated carbocycles. The van der Waals surface area contributed by atoms with Gasteiger partial charge in [0, 0.05) is 12.1 Å². The smallest absolute Gasteiger partial charge is 0.180 e. The van der Waals surface area contributed by atoms with Crippen LogP contribution in [0.3, 0.4) is 0 Å². The van der Waals surface area contributed by atoms with E-state index in [0.29, 0.717) is 10.9 Å². The van der Waals surface area contributed by atoms with Crippen molar-refractivity contribution in [3.05, 3.63) is 29.3 Å². The molecular weight excluding hydrogens is 222 g/mol. The molecular formula is C12H15NO2S. The highest BCUT2D eigenvalue weighted by Crippen LogP contribution is 2.36. The summed E-state index contributed by atoms with van der Waals surface area (Å²) in [7, 11) is -3.05. The number of nitrogens with one attached hydrogen (secondary N) is 1. The van der Waals surface area contributed by atoms with Gasteiger partial charge in [0.1, 0.15) is 0 Å². The van der Waals surface area contributed by atoms with Crippen molar-refractivity contribution in [2.75, 3.05) is 5.75 Å². The molecule has 0 radical (unpaired) electrons. The van der Waals surface area contributed by atoms with E-state index in [1.165, 1.54) is 12.8 Å². The molecule has 2 aliphatic rings. The van der Waals surface area contributed by atoms with Crippen LogP contribution in [-0.2, 0) is 9.84 Å². The molecule has 1 unspecified atom stereocenters. The van der Waals surface area contributed by atoms with Crippen LogP contribution in [0.4, 0.5) is 0 Å². The molecule has 3 nitrogen and oxygen atoms in total. The highest BCUT2D eigenvalue weighted by Gasteiger charge is 2.37. The second-order valence-corrected chi connectivity index (χ2v) is 6.82. The molecule has 0 saturated heterocycles. The average molecular weight is 237 g/mol. The molecule has 1 fully saturated rings. The van der Waals surface area contributed by atoms with Crippen LogP contribution < -0.4 is 5.32 Å². The Hall–Kier alpha value is -0.870. The van der Waals surface area contributed by atoms with Gasteiger partial charge in [-0.25, -0.2) is 8.42 Å². The number of hydrogen-bond acceptors (Lipinski definition) is 3. The lowest BCUT2D eigenvalue weighted by Gasteiger charge is -2.11. The summed E-state index contributed by atoms with van der Waals surface area (Å²) in [6.07, 6.45) is 2.36. The third-order valence-corrected chi connectivity index (χ3v) is 5.09. The van der Waals surface area contributed by atoms with Crippen molar-refractivity contribution >= 4 is 9.84 Å². The maximum absolute atomic E-state index is 11.9. The molecule has 0 bridgehead atoms. The Morgan fingerprint density at radius 2 is 2.06 bits per heavy atom. The minimum Gasteiger partial charge on any atom is -0.306 e. The summed E-state index contributed by atoms with van der Waals surface area (Å²) in [4.78, 5) is 0.524. The van der Waals surface area contributed by atoms with Gasteiger partial charge in [-0.3, -0.25) is 0 Å². The van der Waals surface area contributed by atoms with Crippen LogP contribution in [0.5, 0.6) is 0 Å². The molecule has 0 amide bonds. The molecule has 1 N–H and O–H groups in total. The monoisotopic (exact) mass is 237 g/mol. The standard InChI is InChI=1S/C12H15NO2S/c1-8-2-5-12-10(6-8)11(7-16(12,14)15)13-9-3-4-9/h2,5-6,9,11,13H,3-4,7H2,1H3. The fourth-order valence-electron chi connectivity index (χ4n) is 2.29. The zero-order chi connectivity index (χ0) is 11.3. The van der Waals surface area contributed by atoms with Crippen LogP contribution in [0.25, 0.3) is 0 Å². The maximum Gasteiger partial charge on any atom is 0.180 e. The lowest BCUT2D eigenvalue weighted by atomic mass is 10.1. The summed E-state index contributed by atoms with van der Waals surface area (Å²) in [5.41, 5.74) is 2.09. The molecule has 3 rings (SSSR count). The molecule has 0 spiro atoms. The first kappa shape index (κ1) is 10.3. The number of aryl methyl sites for hydroxylation is 1. The highest BCUT2D eigenvalue weighted by molar-refractivity contribution is 7.91. The third-order valence-electron chi connectivity index (χ3n) is 3.28. The van der Waals surface area contributed by atoms with Gasteiger partial charge < -0.3 is 5.32 Å². The molecule has 1 aromatic rings. The molecule has 4 heteroatoms. The van der Waals surface area contributed by atoms with E-state index >= 15 is 0 Å². The van der Waals surface area contributed by atoms with Gasteiger partial charge in [-0.05, 0) is 31.4 Å². The van der Waals surface area contributed by atoms with E-state index in [1.807, 2.05) is 19.1 Å². The fourth-order valence-corrected chi connectivity index (χ4v) is 4.02. The Kier molecular flexibility index (Phi) is 2.13. The number of hydrogen-bond donors (Lipinski definition) is 1. The van der Waals surface area contributed by atoms with Crippen molar-refractivity contribution in [1.29, 1.82) is 0 Å². The first-order valence-electron chi connectivity index (χ1n) is 5.65. The summed E-state index contributed by atoms with van der Waals surface area (Å²) in [6.45, 7) is 2.00. The topological polar surface area (TPSA) is 46.2 Å². The average Bonchev–Trinajstić information content (AvgIpc) is 2.95. The van der Waals surface area contributed by atoms with Gasteiger partial charge in [0.2, 0.25) is 0 Å². The van der Waals surface area contributed by atoms with Crippen LogP contribution in [-0.4, -0.2) is 20.2 Å². The zero-order valence-electron chi connectivity index (χ0n) is 9.23. The van der Waals surface area contributed by atoms with Crippen molar-refractivity contribution in [2.24, 2.45) is 0 Å². The van der Waals surface area contributed by atoms with Crippen LogP contribution >= 0.6 is 0 Å². The van der Waals surface area contributed by atoms with Crippen molar-refractivity contribution < 1.29 is 8.42 Å². The van der Waals surface area contributed by atoms with Crippen molar-refractivity contribution in [3.63, 3.8) is 0 Å². The number of fused-ring (bicyclic) bond motifs is 1. The van der Waals surface area contributed by atoms with Gasteiger partial charge in [0.05, 0.1) is 10.6 Å². The van der Waals surface area contributed by atoms with Crippen LogP contribution in [0.2, 0.25) is 0 Å². The van der Waals surface area contributed by atoms with Gasteiger partial charge in [-0.1, -0.05) is 17.7 Å². The number of sulfone groups is 1. The molecule has 1 aromatic carbocycles. The molecule has 1 atom stereocenters. The van der Waals surface area contributed by atoms with E-state index in [2.05, 4.69) is 5.32 Å². The SMILES string of the molecule is Cc1ccc2c(c1)C(NC1CC1)CS2(=O)=O. The fraction of sp³-hybridized carbons (Fsp3) is 0.500. The van der Waals surface area contributed by atoms with E-state index in [1.54, 1.807) is 6.07 Å². The maximum atomic E-state index is 11.9. The van der Waals surface area contributed by atoms with Crippen molar-refractivity contribution in [1.82, 2.24) is 5.32 Å². The number of rotatable bonds is 2. The Morgan fingerprint density at radius 3 is 2.75 bits per heavy atom. The lowest BCUT2D eigenvalue weighted by Crippen LogP contribution is -2.24. The van der Waals surface area contributed by atoms with Crippen LogP contribution in [0.1, 0.15) is 30.0 Å². The van der Waals surface area contributed by atoms with E-state index in [4.69, 9.17) is 0 Å². The first-order valence-corrected chi connectivity index (χ1v) is 7.31. The van der Waals surface area contributed by atoms with Crippen molar-refractivity contribution in [2.45, 2.75) is 36.7 Å². The Bertz CT molecular complexity index is 532. The predicted molar refractivity (Wildman–Crippen MR) is 62.1 cm³/mol. The highest BCUT2D eigenvalue weighted by atomic mass is 32.2. The minimum absolute atomic E-state index is 0.00685. The third kappa shape index (κ3) is 1.66. The van der Waals surface area contributed by atoms with Crippen LogP contribution in [0.15, 0.2) is 23.1 Å². The number of benzene rings is 1. The normalized spacial score (nSPS) is 26.7. The second-order valence-electron chi connectivity index (χ2n) is 4.82. The zero-order valence-corrected chi connectivity index (χ0v) is 10.0. The van der Waals surface area contributed by atoms with E-state index in [0.717, 1.165) is 11.1 Å². The Labute approximate surface area is 95.8 Å². The predicted octanol–water partition coefficient (Wildman–Crippen LogP) is 1.58. The summed E-state index contributed by atoms with van der Waals surface area (Å²) >= 11 is 0. The van der Waals surface area contributed by atoms with E-state index in [-0.39, 0.29) is 11.8 Å². The van der Waals surface area contributed by atoms with Crippen LogP contribution in [0, 0.1) is 6.92 Å². The Morgan fingerprint density at radius 1 is 1.31 bits per heavy atom. The summed E-state index contributed by atoms with van der Waals surface area (Å²) in [6, 6.07) is 6.16. The molecule has 1 heterocycles. The summed E-state index contributed by atoms with van der Waals surface area (Å²) in [5, 5.41) is 3.41. The van der Waals surface area contributed by atoms with Crippen molar-refractivity contribution in [3.8, 4) is 0 Å².